The SMILES string of the molecule is Cc1nnc(SCC(=O)Nc2c(Cl)cccc2Cl)n1C1CC1. The van der Waals surface area contributed by atoms with E-state index in [2.05, 4.69) is 20.1 Å². The predicted octanol–water partition coefficient (Wildman–Crippen LogP) is 3.96. The van der Waals surface area contributed by atoms with Crippen molar-refractivity contribution in [1.82, 2.24) is 14.8 Å². The van der Waals surface area contributed by atoms with Crippen LogP contribution in [0.15, 0.2) is 23.4 Å². The molecule has 1 aliphatic rings. The molecule has 0 spiro atoms. The summed E-state index contributed by atoms with van der Waals surface area (Å²) in [4.78, 5) is 12.1. The number of hydrogen-bond acceptors (Lipinski definition) is 4. The number of hydrogen-bond donors (Lipinski definition) is 1. The molecule has 22 heavy (non-hydrogen) atoms. The van der Waals surface area contributed by atoms with E-state index in [1.54, 1.807) is 18.2 Å². The Labute approximate surface area is 142 Å². The van der Waals surface area contributed by atoms with Gasteiger partial charge in [-0.25, -0.2) is 0 Å². The Kier molecular flexibility index (Phi) is 4.61. The van der Waals surface area contributed by atoms with Crippen LogP contribution >= 0.6 is 35.0 Å². The van der Waals surface area contributed by atoms with Gasteiger partial charge in [0.15, 0.2) is 5.16 Å². The summed E-state index contributed by atoms with van der Waals surface area (Å²) in [5.74, 6) is 0.939. The summed E-state index contributed by atoms with van der Waals surface area (Å²) in [6.07, 6.45) is 2.29. The molecule has 8 heteroatoms. The molecule has 5 nitrogen and oxygen atoms in total. The van der Waals surface area contributed by atoms with Gasteiger partial charge in [-0.15, -0.1) is 10.2 Å². The summed E-state index contributed by atoms with van der Waals surface area (Å²) in [6, 6.07) is 5.58. The molecule has 1 heterocycles. The fourth-order valence-corrected chi connectivity index (χ4v) is 3.47. The molecule has 116 valence electrons. The molecule has 1 fully saturated rings. The first-order valence-corrected chi connectivity index (χ1v) is 8.58. The first-order valence-electron chi connectivity index (χ1n) is 6.84. The number of benzene rings is 1. The van der Waals surface area contributed by atoms with Gasteiger partial charge in [0.05, 0.1) is 21.5 Å². The Morgan fingerprint density at radius 2 is 2.05 bits per heavy atom. The minimum Gasteiger partial charge on any atom is -0.323 e. The van der Waals surface area contributed by atoms with E-state index in [-0.39, 0.29) is 11.7 Å². The van der Waals surface area contributed by atoms with Crippen LogP contribution in [-0.2, 0) is 4.79 Å². The van der Waals surface area contributed by atoms with Gasteiger partial charge in [0.25, 0.3) is 0 Å². The number of thioether (sulfide) groups is 1. The molecule has 0 bridgehead atoms. The van der Waals surface area contributed by atoms with Crippen molar-refractivity contribution in [3.63, 3.8) is 0 Å². The van der Waals surface area contributed by atoms with E-state index >= 15 is 0 Å². The number of halogens is 2. The molecule has 1 aromatic carbocycles. The highest BCUT2D eigenvalue weighted by Gasteiger charge is 2.28. The Balaban J connectivity index is 1.63. The lowest BCUT2D eigenvalue weighted by Crippen LogP contribution is -2.15. The van der Waals surface area contributed by atoms with Crippen molar-refractivity contribution in [2.24, 2.45) is 0 Å². The van der Waals surface area contributed by atoms with Gasteiger partial charge in [-0.2, -0.15) is 0 Å². The lowest BCUT2D eigenvalue weighted by atomic mass is 10.3. The first-order chi connectivity index (χ1) is 10.6. The fourth-order valence-electron chi connectivity index (χ4n) is 2.12. The van der Waals surface area contributed by atoms with Gasteiger partial charge in [0.2, 0.25) is 5.91 Å². The lowest BCUT2D eigenvalue weighted by Gasteiger charge is -2.09. The van der Waals surface area contributed by atoms with Gasteiger partial charge in [0, 0.05) is 6.04 Å². The van der Waals surface area contributed by atoms with Crippen LogP contribution in [0.4, 0.5) is 5.69 Å². The minimum absolute atomic E-state index is 0.178. The minimum atomic E-state index is -0.178. The average Bonchev–Trinajstić information content (AvgIpc) is 3.24. The normalized spacial score (nSPS) is 14.1. The van der Waals surface area contributed by atoms with E-state index in [1.807, 2.05) is 6.92 Å². The summed E-state index contributed by atoms with van der Waals surface area (Å²) in [5, 5.41) is 12.6. The van der Waals surface area contributed by atoms with Crippen LogP contribution < -0.4 is 5.32 Å². The molecule has 1 aromatic heterocycles. The van der Waals surface area contributed by atoms with Gasteiger partial charge >= 0.3 is 0 Å². The highest BCUT2D eigenvalue weighted by atomic mass is 35.5. The molecule has 2 aromatic rings. The van der Waals surface area contributed by atoms with Crippen LogP contribution in [0.25, 0.3) is 0 Å². The highest BCUT2D eigenvalue weighted by Crippen LogP contribution is 2.38. The predicted molar refractivity (Wildman–Crippen MR) is 88.8 cm³/mol. The van der Waals surface area contributed by atoms with Crippen molar-refractivity contribution in [3.05, 3.63) is 34.1 Å². The van der Waals surface area contributed by atoms with E-state index in [1.165, 1.54) is 11.8 Å². The molecule has 1 amide bonds. The van der Waals surface area contributed by atoms with Crippen LogP contribution in [0, 0.1) is 6.92 Å². The smallest absolute Gasteiger partial charge is 0.234 e. The van der Waals surface area contributed by atoms with Crippen molar-refractivity contribution in [2.45, 2.75) is 31.0 Å². The Hall–Kier alpha value is -1.24. The molecule has 0 aliphatic heterocycles. The lowest BCUT2D eigenvalue weighted by molar-refractivity contribution is -0.113. The number of nitrogens with one attached hydrogen (secondary N) is 1. The maximum atomic E-state index is 12.1. The largest absolute Gasteiger partial charge is 0.323 e. The van der Waals surface area contributed by atoms with Crippen molar-refractivity contribution >= 4 is 46.6 Å². The van der Waals surface area contributed by atoms with Crippen LogP contribution in [0.2, 0.25) is 10.0 Å². The zero-order valence-electron chi connectivity index (χ0n) is 11.8. The second-order valence-electron chi connectivity index (χ2n) is 5.06. The number of anilines is 1. The van der Waals surface area contributed by atoms with E-state index in [9.17, 15) is 4.79 Å². The molecule has 3 rings (SSSR count). The standard InChI is InChI=1S/C14H14Cl2N4OS/c1-8-18-19-14(20(8)9-5-6-9)22-7-12(21)17-13-10(15)3-2-4-11(13)16/h2-4,9H,5-7H2,1H3,(H,17,21). The van der Waals surface area contributed by atoms with Crippen molar-refractivity contribution in [1.29, 1.82) is 0 Å². The molecule has 0 radical (unpaired) electrons. The zero-order chi connectivity index (χ0) is 15.7. The maximum Gasteiger partial charge on any atom is 0.234 e. The third-order valence-corrected chi connectivity index (χ3v) is 4.88. The summed E-state index contributed by atoms with van der Waals surface area (Å²) < 4.78 is 2.10. The van der Waals surface area contributed by atoms with E-state index < -0.39 is 0 Å². The van der Waals surface area contributed by atoms with Crippen molar-refractivity contribution < 1.29 is 4.79 Å². The number of nitrogens with zero attached hydrogens (tertiary/aromatic N) is 3. The van der Waals surface area contributed by atoms with Gasteiger partial charge in [0.1, 0.15) is 5.82 Å². The third-order valence-electron chi connectivity index (χ3n) is 3.31. The maximum absolute atomic E-state index is 12.1. The number of rotatable bonds is 5. The monoisotopic (exact) mass is 356 g/mol. The van der Waals surface area contributed by atoms with Gasteiger partial charge < -0.3 is 9.88 Å². The van der Waals surface area contributed by atoms with E-state index in [0.717, 1.165) is 23.8 Å². The highest BCUT2D eigenvalue weighted by molar-refractivity contribution is 7.99. The number of para-hydroxylation sites is 1. The van der Waals surface area contributed by atoms with Gasteiger partial charge in [-0.1, -0.05) is 41.0 Å². The number of carbonyl (C=O) groups excluding carboxylic acids is 1. The molecule has 1 N–H and O–H groups in total. The summed E-state index contributed by atoms with van der Waals surface area (Å²) in [7, 11) is 0. The van der Waals surface area contributed by atoms with Crippen LogP contribution in [0.1, 0.15) is 24.7 Å². The summed E-state index contributed by atoms with van der Waals surface area (Å²) in [5.41, 5.74) is 0.441. The van der Waals surface area contributed by atoms with Crippen LogP contribution in [0.3, 0.4) is 0 Å². The zero-order valence-corrected chi connectivity index (χ0v) is 14.2. The second-order valence-corrected chi connectivity index (χ2v) is 6.82. The first kappa shape index (κ1) is 15.6. The van der Waals surface area contributed by atoms with Gasteiger partial charge in [-0.05, 0) is 31.9 Å². The molecule has 1 saturated carbocycles. The third kappa shape index (κ3) is 3.39. The van der Waals surface area contributed by atoms with E-state index in [0.29, 0.717) is 21.8 Å². The molecule has 0 atom stereocenters. The van der Waals surface area contributed by atoms with E-state index in [4.69, 9.17) is 23.2 Å². The molecular weight excluding hydrogens is 343 g/mol. The van der Waals surface area contributed by atoms with Crippen LogP contribution in [0.5, 0.6) is 0 Å². The van der Waals surface area contributed by atoms with Crippen molar-refractivity contribution in [2.75, 3.05) is 11.1 Å². The topological polar surface area (TPSA) is 59.8 Å². The number of aromatic nitrogens is 3. The molecule has 0 saturated heterocycles. The Morgan fingerprint density at radius 3 is 2.68 bits per heavy atom. The second kappa shape index (κ2) is 6.48. The molecule has 0 unspecified atom stereocenters. The van der Waals surface area contributed by atoms with Crippen molar-refractivity contribution in [3.8, 4) is 0 Å². The molecular formula is C14H14Cl2N4OS. The van der Waals surface area contributed by atoms with Gasteiger partial charge in [-0.3, -0.25) is 4.79 Å². The fraction of sp³-hybridized carbons (Fsp3) is 0.357. The number of aryl methyl sites for hydroxylation is 1. The number of amides is 1. The summed E-state index contributed by atoms with van der Waals surface area (Å²) in [6.45, 7) is 1.93. The van der Waals surface area contributed by atoms with Crippen LogP contribution in [-0.4, -0.2) is 26.4 Å². The Bertz CT molecular complexity index is 695. The number of carbonyl (C=O) groups is 1. The quantitative estimate of drug-likeness (QED) is 0.823. The summed E-state index contributed by atoms with van der Waals surface area (Å²) >= 11 is 13.4. The molecule has 1 aliphatic carbocycles. The average molecular weight is 357 g/mol. The Morgan fingerprint density at radius 1 is 1.36 bits per heavy atom.